The lowest BCUT2D eigenvalue weighted by Gasteiger charge is -2.15. The fourth-order valence-corrected chi connectivity index (χ4v) is 1.51. The number of benzene rings is 1. The van der Waals surface area contributed by atoms with Crippen LogP contribution in [0.5, 0.6) is 0 Å². The van der Waals surface area contributed by atoms with Crippen molar-refractivity contribution in [2.24, 2.45) is 10.9 Å². The quantitative estimate of drug-likeness (QED) is 0.328. The fourth-order valence-electron chi connectivity index (χ4n) is 1.51. The number of nitrogens with zero attached hydrogens (tertiary/aromatic N) is 1. The van der Waals surface area contributed by atoms with Crippen molar-refractivity contribution in [2.45, 2.75) is 26.3 Å². The molecule has 0 aromatic heterocycles. The number of nitrogens with two attached hydrogens (primary N) is 1. The molecule has 1 amide bonds. The molecule has 0 bridgehead atoms. The fraction of sp³-hybridized carbons (Fsp3) is 0.333. The van der Waals surface area contributed by atoms with Crippen molar-refractivity contribution in [3.05, 3.63) is 35.1 Å². The van der Waals surface area contributed by atoms with Crippen LogP contribution in [0.1, 0.15) is 29.3 Å². The maximum Gasteiger partial charge on any atom is 0.254 e. The SMILES string of the molecule is CCC(NC(=O)c1cccc(C)c1F)/C(N)=N/O. The number of carbonyl (C=O) groups is 1. The lowest BCUT2D eigenvalue weighted by atomic mass is 10.1. The Balaban J connectivity index is 2.91. The minimum atomic E-state index is -0.623. The van der Waals surface area contributed by atoms with Gasteiger partial charge < -0.3 is 16.3 Å². The van der Waals surface area contributed by atoms with Gasteiger partial charge in [-0.25, -0.2) is 4.39 Å². The maximum atomic E-state index is 13.7. The van der Waals surface area contributed by atoms with Gasteiger partial charge in [-0.3, -0.25) is 4.79 Å². The second kappa shape index (κ2) is 6.00. The molecule has 1 aromatic rings. The summed E-state index contributed by atoms with van der Waals surface area (Å²) in [4.78, 5) is 11.9. The molecule has 0 saturated heterocycles. The molecule has 1 rings (SSSR count). The van der Waals surface area contributed by atoms with E-state index in [-0.39, 0.29) is 11.4 Å². The maximum absolute atomic E-state index is 13.7. The van der Waals surface area contributed by atoms with Crippen molar-refractivity contribution in [3.8, 4) is 0 Å². The molecule has 0 fully saturated rings. The number of carbonyl (C=O) groups excluding carboxylic acids is 1. The Labute approximate surface area is 104 Å². The first kappa shape index (κ1) is 14.0. The van der Waals surface area contributed by atoms with Crippen molar-refractivity contribution >= 4 is 11.7 Å². The van der Waals surface area contributed by atoms with Crippen molar-refractivity contribution in [1.29, 1.82) is 0 Å². The molecule has 0 heterocycles. The Bertz CT molecular complexity index is 474. The molecule has 0 aliphatic rings. The summed E-state index contributed by atoms with van der Waals surface area (Å²) in [6.07, 6.45) is 0.440. The number of hydrogen-bond acceptors (Lipinski definition) is 3. The van der Waals surface area contributed by atoms with E-state index in [0.717, 1.165) is 0 Å². The molecule has 0 radical (unpaired) electrons. The highest BCUT2D eigenvalue weighted by molar-refractivity contribution is 5.98. The van der Waals surface area contributed by atoms with Gasteiger partial charge >= 0.3 is 0 Å². The number of hydrogen-bond donors (Lipinski definition) is 3. The van der Waals surface area contributed by atoms with Crippen LogP contribution in [0, 0.1) is 12.7 Å². The smallest absolute Gasteiger partial charge is 0.254 e. The van der Waals surface area contributed by atoms with Crippen LogP contribution in [-0.2, 0) is 0 Å². The molecule has 1 atom stereocenters. The number of amidine groups is 1. The highest BCUT2D eigenvalue weighted by Gasteiger charge is 2.19. The molecule has 1 unspecified atom stereocenters. The van der Waals surface area contributed by atoms with Gasteiger partial charge in [0.2, 0.25) is 0 Å². The molecule has 6 heteroatoms. The molecule has 0 aliphatic heterocycles. The first-order valence-electron chi connectivity index (χ1n) is 5.54. The van der Waals surface area contributed by atoms with Crippen LogP contribution in [-0.4, -0.2) is 23.0 Å². The molecule has 18 heavy (non-hydrogen) atoms. The summed E-state index contributed by atoms with van der Waals surface area (Å²) >= 11 is 0. The van der Waals surface area contributed by atoms with Crippen LogP contribution in [0.15, 0.2) is 23.4 Å². The van der Waals surface area contributed by atoms with Crippen LogP contribution in [0.2, 0.25) is 0 Å². The summed E-state index contributed by atoms with van der Waals surface area (Å²) in [5.41, 5.74) is 5.75. The Morgan fingerprint density at radius 3 is 2.83 bits per heavy atom. The van der Waals surface area contributed by atoms with Crippen LogP contribution < -0.4 is 11.1 Å². The normalized spacial score (nSPS) is 13.2. The Hall–Kier alpha value is -2.11. The third-order valence-corrected chi connectivity index (χ3v) is 2.62. The minimum Gasteiger partial charge on any atom is -0.409 e. The van der Waals surface area contributed by atoms with Gasteiger partial charge in [-0.1, -0.05) is 24.2 Å². The van der Waals surface area contributed by atoms with E-state index in [9.17, 15) is 9.18 Å². The van der Waals surface area contributed by atoms with Crippen LogP contribution >= 0.6 is 0 Å². The second-order valence-electron chi connectivity index (χ2n) is 3.90. The van der Waals surface area contributed by atoms with Gasteiger partial charge in [0, 0.05) is 0 Å². The largest absolute Gasteiger partial charge is 0.409 e. The zero-order valence-corrected chi connectivity index (χ0v) is 10.3. The summed E-state index contributed by atoms with van der Waals surface area (Å²) in [6.45, 7) is 3.34. The third kappa shape index (κ3) is 2.97. The van der Waals surface area contributed by atoms with Crippen molar-refractivity contribution < 1.29 is 14.4 Å². The molecule has 5 nitrogen and oxygen atoms in total. The third-order valence-electron chi connectivity index (χ3n) is 2.62. The molecule has 98 valence electrons. The topological polar surface area (TPSA) is 87.7 Å². The zero-order chi connectivity index (χ0) is 13.7. The first-order valence-corrected chi connectivity index (χ1v) is 5.54. The summed E-state index contributed by atoms with van der Waals surface area (Å²) in [7, 11) is 0. The first-order chi connectivity index (χ1) is 8.51. The minimum absolute atomic E-state index is 0.0563. The van der Waals surface area contributed by atoms with E-state index in [4.69, 9.17) is 10.9 Å². The van der Waals surface area contributed by atoms with Crippen molar-refractivity contribution in [3.63, 3.8) is 0 Å². The molecule has 0 aliphatic carbocycles. The van der Waals surface area contributed by atoms with Gasteiger partial charge in [0.05, 0.1) is 11.6 Å². The van der Waals surface area contributed by atoms with E-state index in [0.29, 0.717) is 12.0 Å². The standard InChI is InChI=1S/C12H16FN3O2/c1-3-9(11(14)16-18)15-12(17)8-6-4-5-7(2)10(8)13/h4-6,9,18H,3H2,1-2H3,(H2,14,16)(H,15,17). The van der Waals surface area contributed by atoms with Gasteiger partial charge in [0.15, 0.2) is 5.84 Å². The Kier molecular flexibility index (Phi) is 4.65. The van der Waals surface area contributed by atoms with E-state index in [2.05, 4.69) is 10.5 Å². The average Bonchev–Trinajstić information content (AvgIpc) is 2.37. The average molecular weight is 253 g/mol. The highest BCUT2D eigenvalue weighted by Crippen LogP contribution is 2.12. The number of amides is 1. The Morgan fingerprint density at radius 1 is 1.61 bits per heavy atom. The molecule has 0 spiro atoms. The zero-order valence-electron chi connectivity index (χ0n) is 10.3. The number of aryl methyl sites for hydroxylation is 1. The van der Waals surface area contributed by atoms with Gasteiger partial charge in [0.25, 0.3) is 5.91 Å². The van der Waals surface area contributed by atoms with Crippen molar-refractivity contribution in [1.82, 2.24) is 5.32 Å². The van der Waals surface area contributed by atoms with Crippen LogP contribution in [0.3, 0.4) is 0 Å². The molecule has 1 aromatic carbocycles. The van der Waals surface area contributed by atoms with Gasteiger partial charge in [-0.05, 0) is 25.0 Å². The predicted molar refractivity (Wildman–Crippen MR) is 66.1 cm³/mol. The van der Waals surface area contributed by atoms with Gasteiger partial charge in [0.1, 0.15) is 5.82 Å². The lowest BCUT2D eigenvalue weighted by Crippen LogP contribution is -2.44. The monoisotopic (exact) mass is 253 g/mol. The molecular formula is C12H16FN3O2. The number of oxime groups is 1. The second-order valence-corrected chi connectivity index (χ2v) is 3.90. The van der Waals surface area contributed by atoms with E-state index in [1.807, 2.05) is 0 Å². The van der Waals surface area contributed by atoms with Crippen LogP contribution in [0.4, 0.5) is 4.39 Å². The van der Waals surface area contributed by atoms with Gasteiger partial charge in [-0.2, -0.15) is 0 Å². The lowest BCUT2D eigenvalue weighted by molar-refractivity contribution is 0.0941. The molecule has 4 N–H and O–H groups in total. The van der Waals surface area contributed by atoms with E-state index < -0.39 is 17.8 Å². The number of halogens is 1. The van der Waals surface area contributed by atoms with E-state index in [1.54, 1.807) is 26.0 Å². The summed E-state index contributed by atoms with van der Waals surface area (Å²) in [5.74, 6) is -1.27. The summed E-state index contributed by atoms with van der Waals surface area (Å²) in [6, 6.07) is 3.93. The molecular weight excluding hydrogens is 237 g/mol. The van der Waals surface area contributed by atoms with Crippen LogP contribution in [0.25, 0.3) is 0 Å². The van der Waals surface area contributed by atoms with E-state index >= 15 is 0 Å². The van der Waals surface area contributed by atoms with Gasteiger partial charge in [-0.15, -0.1) is 0 Å². The highest BCUT2D eigenvalue weighted by atomic mass is 19.1. The number of nitrogens with one attached hydrogen (secondary N) is 1. The molecule has 0 saturated carbocycles. The summed E-state index contributed by atoms with van der Waals surface area (Å²) in [5, 5.41) is 13.9. The Morgan fingerprint density at radius 2 is 2.28 bits per heavy atom. The summed E-state index contributed by atoms with van der Waals surface area (Å²) < 4.78 is 13.7. The van der Waals surface area contributed by atoms with Crippen molar-refractivity contribution in [2.75, 3.05) is 0 Å². The number of rotatable bonds is 4. The van der Waals surface area contributed by atoms with E-state index in [1.165, 1.54) is 6.07 Å². The predicted octanol–water partition coefficient (Wildman–Crippen LogP) is 1.39.